The molecule has 9 heteroatoms. The van der Waals surface area contributed by atoms with Gasteiger partial charge < -0.3 is 16.4 Å². The number of carbonyl (C=O) groups is 2. The summed E-state index contributed by atoms with van der Waals surface area (Å²) in [5, 5.41) is 9.15. The summed E-state index contributed by atoms with van der Waals surface area (Å²) in [4.78, 5) is 42.2. The molecule has 27 heavy (non-hydrogen) atoms. The fraction of sp³-hybridized carbons (Fsp3) is 0.278. The lowest BCUT2D eigenvalue weighted by Gasteiger charge is -2.32. The van der Waals surface area contributed by atoms with Gasteiger partial charge in [-0.15, -0.1) is 0 Å². The van der Waals surface area contributed by atoms with E-state index in [4.69, 9.17) is 16.7 Å². The Morgan fingerprint density at radius 2 is 1.96 bits per heavy atom. The molecule has 0 spiro atoms. The van der Waals surface area contributed by atoms with E-state index in [1.807, 2.05) is 4.90 Å². The number of hydrogen-bond donors (Lipinski definition) is 2. The van der Waals surface area contributed by atoms with Crippen LogP contribution in [0.1, 0.15) is 18.4 Å². The number of nitrogens with zero attached hydrogens (tertiary/aromatic N) is 4. The smallest absolute Gasteiger partial charge is 0.267 e. The van der Waals surface area contributed by atoms with Crippen LogP contribution in [0.25, 0.3) is 11.7 Å². The minimum atomic E-state index is -0.923. The highest BCUT2D eigenvalue weighted by Gasteiger charge is 2.26. The van der Waals surface area contributed by atoms with E-state index in [9.17, 15) is 14.4 Å². The summed E-state index contributed by atoms with van der Waals surface area (Å²) in [6.07, 6.45) is 3.80. The van der Waals surface area contributed by atoms with Gasteiger partial charge in [-0.2, -0.15) is 5.26 Å². The molecule has 9 nitrogen and oxygen atoms in total. The summed E-state index contributed by atoms with van der Waals surface area (Å²) in [6, 6.07) is 6.83. The summed E-state index contributed by atoms with van der Waals surface area (Å²) in [7, 11) is 0. The third kappa shape index (κ3) is 3.50. The Balaban J connectivity index is 2.15. The first-order valence-electron chi connectivity index (χ1n) is 8.39. The van der Waals surface area contributed by atoms with Crippen molar-refractivity contribution in [2.45, 2.75) is 12.8 Å². The zero-order valence-corrected chi connectivity index (χ0v) is 14.5. The summed E-state index contributed by atoms with van der Waals surface area (Å²) in [5.41, 5.74) is 10.4. The predicted molar refractivity (Wildman–Crippen MR) is 98.4 cm³/mol. The standard InChI is InChI=1S/C18H18N6O3/c19-10-12(16(21)26)9-13-17(23-7-4-11(5-8-23)15(20)25)22-14-3-1-2-6-24(14)18(13)27/h1-3,6,9,11H,4-5,7-8H2,(H2,20,25)(H2,21,26). The van der Waals surface area contributed by atoms with Crippen molar-refractivity contribution in [2.24, 2.45) is 17.4 Å². The first kappa shape index (κ1) is 18.1. The molecule has 0 saturated carbocycles. The number of nitriles is 1. The van der Waals surface area contributed by atoms with Crippen LogP contribution in [0.3, 0.4) is 0 Å². The second kappa shape index (κ2) is 7.29. The molecule has 0 bridgehead atoms. The molecule has 2 aromatic heterocycles. The number of amides is 2. The Morgan fingerprint density at radius 1 is 1.26 bits per heavy atom. The molecule has 0 aromatic carbocycles. The van der Waals surface area contributed by atoms with Crippen molar-refractivity contribution >= 4 is 29.4 Å². The lowest BCUT2D eigenvalue weighted by Crippen LogP contribution is -2.40. The average molecular weight is 366 g/mol. The molecule has 0 atom stereocenters. The van der Waals surface area contributed by atoms with Crippen LogP contribution in [-0.2, 0) is 9.59 Å². The van der Waals surface area contributed by atoms with Crippen molar-refractivity contribution in [3.63, 3.8) is 0 Å². The van der Waals surface area contributed by atoms with Gasteiger partial charge in [0, 0.05) is 25.2 Å². The predicted octanol–water partition coefficient (Wildman–Crippen LogP) is -0.212. The van der Waals surface area contributed by atoms with Crippen LogP contribution in [0.2, 0.25) is 0 Å². The van der Waals surface area contributed by atoms with E-state index in [2.05, 4.69) is 4.98 Å². The van der Waals surface area contributed by atoms with Crippen LogP contribution < -0.4 is 21.9 Å². The molecule has 0 unspecified atom stereocenters. The highest BCUT2D eigenvalue weighted by Crippen LogP contribution is 2.25. The molecule has 2 amide bonds. The van der Waals surface area contributed by atoms with E-state index in [0.717, 1.165) is 0 Å². The van der Waals surface area contributed by atoms with E-state index in [1.165, 1.54) is 10.5 Å². The molecule has 3 heterocycles. The number of anilines is 1. The average Bonchev–Trinajstić information content (AvgIpc) is 2.67. The summed E-state index contributed by atoms with van der Waals surface area (Å²) >= 11 is 0. The minimum absolute atomic E-state index is 0.103. The number of fused-ring (bicyclic) bond motifs is 1. The number of primary amides is 2. The first-order chi connectivity index (χ1) is 12.9. The number of pyridine rings is 1. The number of aromatic nitrogens is 2. The second-order valence-electron chi connectivity index (χ2n) is 6.28. The van der Waals surface area contributed by atoms with E-state index in [1.54, 1.807) is 30.5 Å². The molecule has 1 fully saturated rings. The third-order valence-corrected chi connectivity index (χ3v) is 4.62. The van der Waals surface area contributed by atoms with Gasteiger partial charge in [0.25, 0.3) is 11.5 Å². The molecule has 2 aromatic rings. The quantitative estimate of drug-likeness (QED) is 0.565. The van der Waals surface area contributed by atoms with Gasteiger partial charge in [-0.05, 0) is 31.1 Å². The fourth-order valence-corrected chi connectivity index (χ4v) is 3.14. The van der Waals surface area contributed by atoms with Gasteiger partial charge in [-0.25, -0.2) is 4.98 Å². The molecule has 1 aliphatic heterocycles. The first-order valence-corrected chi connectivity index (χ1v) is 8.39. The van der Waals surface area contributed by atoms with Crippen molar-refractivity contribution in [3.05, 3.63) is 45.9 Å². The number of carbonyl (C=O) groups excluding carboxylic acids is 2. The fourth-order valence-electron chi connectivity index (χ4n) is 3.14. The normalized spacial score (nSPS) is 15.5. The maximum atomic E-state index is 13.0. The maximum Gasteiger partial charge on any atom is 0.267 e. The van der Waals surface area contributed by atoms with Gasteiger partial charge in [-0.1, -0.05) is 6.07 Å². The molecule has 4 N–H and O–H groups in total. The molecule has 138 valence electrons. The van der Waals surface area contributed by atoms with E-state index >= 15 is 0 Å². The Hall–Kier alpha value is -3.67. The van der Waals surface area contributed by atoms with E-state index in [0.29, 0.717) is 37.4 Å². The van der Waals surface area contributed by atoms with Gasteiger partial charge in [0.1, 0.15) is 23.1 Å². The monoisotopic (exact) mass is 366 g/mol. The molecule has 1 aliphatic rings. The van der Waals surface area contributed by atoms with E-state index < -0.39 is 11.5 Å². The van der Waals surface area contributed by atoms with Crippen LogP contribution in [0.4, 0.5) is 5.82 Å². The second-order valence-corrected chi connectivity index (χ2v) is 6.28. The zero-order valence-electron chi connectivity index (χ0n) is 14.5. The molecule has 3 rings (SSSR count). The largest absolute Gasteiger partial charge is 0.369 e. The topological polar surface area (TPSA) is 148 Å². The summed E-state index contributed by atoms with van der Waals surface area (Å²) in [5.74, 6) is -1.14. The Bertz CT molecular complexity index is 1040. The Morgan fingerprint density at radius 3 is 2.56 bits per heavy atom. The Kier molecular flexibility index (Phi) is 4.90. The lowest BCUT2D eigenvalue weighted by molar-refractivity contribution is -0.122. The SMILES string of the molecule is N#CC(=Cc1c(N2CCC(C(N)=O)CC2)nc2ccccn2c1=O)C(N)=O. The van der Waals surface area contributed by atoms with Crippen LogP contribution in [0.5, 0.6) is 0 Å². The van der Waals surface area contributed by atoms with E-state index in [-0.39, 0.29) is 23.0 Å². The van der Waals surface area contributed by atoms with Crippen LogP contribution in [-0.4, -0.2) is 34.3 Å². The van der Waals surface area contributed by atoms with Crippen molar-refractivity contribution in [3.8, 4) is 6.07 Å². The minimum Gasteiger partial charge on any atom is -0.369 e. The molecule has 0 aliphatic carbocycles. The van der Waals surface area contributed by atoms with Crippen LogP contribution in [0.15, 0.2) is 34.8 Å². The van der Waals surface area contributed by atoms with Crippen molar-refractivity contribution in [1.82, 2.24) is 9.38 Å². The number of hydrogen-bond acceptors (Lipinski definition) is 6. The highest BCUT2D eigenvalue weighted by molar-refractivity contribution is 6.01. The van der Waals surface area contributed by atoms with Crippen LogP contribution >= 0.6 is 0 Å². The molecular formula is C18H18N6O3. The van der Waals surface area contributed by atoms with Gasteiger partial charge in [-0.3, -0.25) is 18.8 Å². The number of rotatable bonds is 4. The molecule has 0 radical (unpaired) electrons. The van der Waals surface area contributed by atoms with Crippen molar-refractivity contribution in [2.75, 3.05) is 18.0 Å². The third-order valence-electron chi connectivity index (χ3n) is 4.62. The van der Waals surface area contributed by atoms with Crippen LogP contribution in [0, 0.1) is 17.2 Å². The number of piperidine rings is 1. The summed E-state index contributed by atoms with van der Waals surface area (Å²) < 4.78 is 1.33. The van der Waals surface area contributed by atoms with Crippen molar-refractivity contribution in [1.29, 1.82) is 5.26 Å². The molecule has 1 saturated heterocycles. The van der Waals surface area contributed by atoms with Gasteiger partial charge in [0.15, 0.2) is 0 Å². The summed E-state index contributed by atoms with van der Waals surface area (Å²) in [6.45, 7) is 0.949. The van der Waals surface area contributed by atoms with Gasteiger partial charge in [0.05, 0.1) is 5.56 Å². The van der Waals surface area contributed by atoms with Gasteiger partial charge in [0.2, 0.25) is 5.91 Å². The Labute approximate surface area is 154 Å². The lowest BCUT2D eigenvalue weighted by atomic mass is 9.96. The molecular weight excluding hydrogens is 348 g/mol. The number of nitrogens with two attached hydrogens (primary N) is 2. The highest BCUT2D eigenvalue weighted by atomic mass is 16.1. The maximum absolute atomic E-state index is 13.0. The van der Waals surface area contributed by atoms with Crippen molar-refractivity contribution < 1.29 is 9.59 Å². The van der Waals surface area contributed by atoms with Gasteiger partial charge >= 0.3 is 0 Å². The zero-order chi connectivity index (χ0) is 19.6.